The minimum atomic E-state index is 0.0286. The maximum atomic E-state index is 11.8. The van der Waals surface area contributed by atoms with Crippen molar-refractivity contribution in [1.82, 2.24) is 9.55 Å². The smallest absolute Gasteiger partial charge is 0.200 e. The summed E-state index contributed by atoms with van der Waals surface area (Å²) >= 11 is 0. The molecule has 0 radical (unpaired) electrons. The van der Waals surface area contributed by atoms with Crippen molar-refractivity contribution in [3.63, 3.8) is 0 Å². The summed E-state index contributed by atoms with van der Waals surface area (Å²) in [4.78, 5) is 15.9. The average molecular weight is 240 g/mol. The zero-order valence-corrected chi connectivity index (χ0v) is 10.5. The van der Waals surface area contributed by atoms with Gasteiger partial charge in [0.05, 0.1) is 19.8 Å². The number of methoxy groups -OCH3 is 1. The molecule has 17 heavy (non-hydrogen) atoms. The van der Waals surface area contributed by atoms with Gasteiger partial charge in [-0.1, -0.05) is 6.92 Å². The first-order valence-corrected chi connectivity index (χ1v) is 5.90. The number of hydrogen-bond donors (Lipinski definition) is 0. The van der Waals surface area contributed by atoms with E-state index in [1.54, 1.807) is 13.3 Å². The van der Waals surface area contributed by atoms with Crippen LogP contribution in [0, 0.1) is 0 Å². The van der Waals surface area contributed by atoms with E-state index in [9.17, 15) is 4.79 Å². The minimum Gasteiger partial charge on any atom is -0.382 e. The number of carbonyl (C=O) groups is 1. The van der Waals surface area contributed by atoms with Gasteiger partial charge in [-0.3, -0.25) is 4.79 Å². The second kappa shape index (κ2) is 7.97. The van der Waals surface area contributed by atoms with Crippen LogP contribution in [-0.4, -0.2) is 42.3 Å². The van der Waals surface area contributed by atoms with E-state index in [0.717, 1.165) is 13.0 Å². The Morgan fingerprint density at radius 1 is 1.41 bits per heavy atom. The van der Waals surface area contributed by atoms with Gasteiger partial charge in [0.15, 0.2) is 5.82 Å². The van der Waals surface area contributed by atoms with Crippen molar-refractivity contribution in [2.45, 2.75) is 26.3 Å². The Kier molecular flexibility index (Phi) is 6.50. The third-order valence-electron chi connectivity index (χ3n) is 2.33. The zero-order valence-electron chi connectivity index (χ0n) is 10.5. The van der Waals surface area contributed by atoms with Crippen molar-refractivity contribution < 1.29 is 14.3 Å². The van der Waals surface area contributed by atoms with E-state index in [2.05, 4.69) is 11.9 Å². The second-order valence-electron chi connectivity index (χ2n) is 3.72. The molecule has 1 aromatic rings. The number of aryl methyl sites for hydroxylation is 1. The van der Waals surface area contributed by atoms with Crippen molar-refractivity contribution in [1.29, 1.82) is 0 Å². The Labute approximate surface area is 102 Å². The predicted molar refractivity (Wildman–Crippen MR) is 64.2 cm³/mol. The van der Waals surface area contributed by atoms with E-state index in [4.69, 9.17) is 9.47 Å². The maximum absolute atomic E-state index is 11.8. The normalized spacial score (nSPS) is 10.7. The van der Waals surface area contributed by atoms with Crippen LogP contribution in [0.25, 0.3) is 0 Å². The molecule has 0 N–H and O–H groups in total. The molecule has 5 heteroatoms. The molecule has 0 fully saturated rings. The fourth-order valence-corrected chi connectivity index (χ4v) is 1.50. The van der Waals surface area contributed by atoms with Crippen molar-refractivity contribution in [3.8, 4) is 0 Å². The molecular weight excluding hydrogens is 220 g/mol. The Morgan fingerprint density at radius 3 is 2.94 bits per heavy atom. The Morgan fingerprint density at radius 2 is 2.24 bits per heavy atom. The molecule has 1 aromatic heterocycles. The molecule has 0 atom stereocenters. The van der Waals surface area contributed by atoms with Crippen molar-refractivity contribution in [3.05, 3.63) is 18.2 Å². The van der Waals surface area contributed by atoms with Gasteiger partial charge in [-0.25, -0.2) is 4.98 Å². The number of hydrogen-bond acceptors (Lipinski definition) is 4. The number of nitrogens with zero attached hydrogens (tertiary/aromatic N) is 2. The molecule has 0 bridgehead atoms. The fraction of sp³-hybridized carbons (Fsp3) is 0.667. The predicted octanol–water partition coefficient (Wildman–Crippen LogP) is 1.53. The Bertz CT molecular complexity index is 336. The molecule has 1 rings (SSSR count). The van der Waals surface area contributed by atoms with Gasteiger partial charge >= 0.3 is 0 Å². The summed E-state index contributed by atoms with van der Waals surface area (Å²) in [5, 5.41) is 0. The standard InChI is InChI=1S/C12H20N2O3/c1-3-6-14-7-5-13-12(14)11(15)4-8-17-10-9-16-2/h5,7H,3-4,6,8-10H2,1-2H3. The molecule has 0 saturated heterocycles. The van der Waals surface area contributed by atoms with Crippen LogP contribution in [0.2, 0.25) is 0 Å². The highest BCUT2D eigenvalue weighted by Gasteiger charge is 2.11. The summed E-state index contributed by atoms with van der Waals surface area (Å²) in [5.41, 5.74) is 0. The van der Waals surface area contributed by atoms with Gasteiger partial charge in [0.1, 0.15) is 0 Å². The number of ketones is 1. The summed E-state index contributed by atoms with van der Waals surface area (Å²) in [7, 11) is 1.62. The number of rotatable bonds is 9. The summed E-state index contributed by atoms with van der Waals surface area (Å²) in [6.07, 6.45) is 4.85. The lowest BCUT2D eigenvalue weighted by molar-refractivity contribution is 0.0636. The molecule has 0 saturated carbocycles. The number of carbonyl (C=O) groups excluding carboxylic acids is 1. The largest absolute Gasteiger partial charge is 0.382 e. The van der Waals surface area contributed by atoms with Crippen LogP contribution in [0.4, 0.5) is 0 Å². The average Bonchev–Trinajstić information content (AvgIpc) is 2.77. The number of Topliss-reactive ketones (excluding diaryl/α,β-unsaturated/α-hetero) is 1. The molecule has 0 spiro atoms. The van der Waals surface area contributed by atoms with Gasteiger partial charge in [0, 0.05) is 32.5 Å². The van der Waals surface area contributed by atoms with Crippen molar-refractivity contribution >= 4 is 5.78 Å². The lowest BCUT2D eigenvalue weighted by Gasteiger charge is -2.05. The first-order valence-electron chi connectivity index (χ1n) is 5.90. The number of ether oxygens (including phenoxy) is 2. The Hall–Kier alpha value is -1.20. The van der Waals surface area contributed by atoms with Crippen LogP contribution < -0.4 is 0 Å². The van der Waals surface area contributed by atoms with E-state index in [1.807, 2.05) is 10.8 Å². The minimum absolute atomic E-state index is 0.0286. The third-order valence-corrected chi connectivity index (χ3v) is 2.33. The zero-order chi connectivity index (χ0) is 12.5. The van der Waals surface area contributed by atoms with Crippen molar-refractivity contribution in [2.24, 2.45) is 0 Å². The molecule has 0 aliphatic rings. The van der Waals surface area contributed by atoms with E-state index in [1.165, 1.54) is 0 Å². The lowest BCUT2D eigenvalue weighted by atomic mass is 10.3. The van der Waals surface area contributed by atoms with E-state index in [-0.39, 0.29) is 5.78 Å². The van der Waals surface area contributed by atoms with Gasteiger partial charge in [-0.05, 0) is 6.42 Å². The monoisotopic (exact) mass is 240 g/mol. The van der Waals surface area contributed by atoms with Crippen LogP contribution in [0.5, 0.6) is 0 Å². The summed E-state index contributed by atoms with van der Waals surface area (Å²) in [6, 6.07) is 0. The lowest BCUT2D eigenvalue weighted by Crippen LogP contribution is -2.13. The van der Waals surface area contributed by atoms with Gasteiger partial charge < -0.3 is 14.0 Å². The Balaban J connectivity index is 2.33. The molecule has 0 aliphatic carbocycles. The molecule has 0 amide bonds. The van der Waals surface area contributed by atoms with E-state index < -0.39 is 0 Å². The molecule has 5 nitrogen and oxygen atoms in total. The fourth-order valence-electron chi connectivity index (χ4n) is 1.50. The molecular formula is C12H20N2O3. The topological polar surface area (TPSA) is 53.4 Å². The van der Waals surface area contributed by atoms with Gasteiger partial charge in [-0.2, -0.15) is 0 Å². The van der Waals surface area contributed by atoms with Crippen molar-refractivity contribution in [2.75, 3.05) is 26.9 Å². The first-order chi connectivity index (χ1) is 8.29. The van der Waals surface area contributed by atoms with Crippen LogP contribution in [0.1, 0.15) is 30.4 Å². The third kappa shape index (κ3) is 4.66. The summed E-state index contributed by atoms with van der Waals surface area (Å²) in [6.45, 7) is 4.39. The first kappa shape index (κ1) is 13.9. The molecule has 96 valence electrons. The summed E-state index contributed by atoms with van der Waals surface area (Å²) in [5.74, 6) is 0.558. The number of imidazole rings is 1. The molecule has 0 unspecified atom stereocenters. The van der Waals surface area contributed by atoms with Crippen LogP contribution in [0.3, 0.4) is 0 Å². The highest BCUT2D eigenvalue weighted by molar-refractivity contribution is 5.92. The quantitative estimate of drug-likeness (QED) is 0.485. The van der Waals surface area contributed by atoms with Gasteiger partial charge in [0.2, 0.25) is 5.78 Å². The highest BCUT2D eigenvalue weighted by Crippen LogP contribution is 2.03. The summed E-state index contributed by atoms with van der Waals surface area (Å²) < 4.78 is 12.0. The SMILES string of the molecule is CCCn1ccnc1C(=O)CCOCCOC. The maximum Gasteiger partial charge on any atom is 0.200 e. The van der Waals surface area contributed by atoms with Crippen LogP contribution in [0.15, 0.2) is 12.4 Å². The highest BCUT2D eigenvalue weighted by atomic mass is 16.5. The van der Waals surface area contributed by atoms with Gasteiger partial charge in [0.25, 0.3) is 0 Å². The molecule has 0 aromatic carbocycles. The van der Waals surface area contributed by atoms with Crippen LogP contribution in [-0.2, 0) is 16.0 Å². The number of aromatic nitrogens is 2. The molecule has 0 aliphatic heterocycles. The second-order valence-corrected chi connectivity index (χ2v) is 3.72. The van der Waals surface area contributed by atoms with Gasteiger partial charge in [-0.15, -0.1) is 0 Å². The molecule has 1 heterocycles. The van der Waals surface area contributed by atoms with E-state index >= 15 is 0 Å². The van der Waals surface area contributed by atoms with E-state index in [0.29, 0.717) is 32.1 Å². The van der Waals surface area contributed by atoms with Crippen LogP contribution >= 0.6 is 0 Å².